The Labute approximate surface area is 84.9 Å². The van der Waals surface area contributed by atoms with Gasteiger partial charge in [0.2, 0.25) is 0 Å². The number of hydrogen-bond donors (Lipinski definition) is 1. The van der Waals surface area contributed by atoms with Crippen LogP contribution in [-0.2, 0) is 0 Å². The lowest BCUT2D eigenvalue weighted by Gasteiger charge is -2.16. The Morgan fingerprint density at radius 3 is 2.14 bits per heavy atom. The van der Waals surface area contributed by atoms with Gasteiger partial charge in [-0.05, 0) is 12.8 Å². The van der Waals surface area contributed by atoms with Crippen molar-refractivity contribution in [2.45, 2.75) is 26.7 Å². The fourth-order valence-electron chi connectivity index (χ4n) is 1.45. The number of nitrogen functional groups attached to an aromatic ring is 1. The van der Waals surface area contributed by atoms with E-state index in [-0.39, 0.29) is 17.2 Å². The lowest BCUT2D eigenvalue weighted by molar-refractivity contribution is 0.556. The summed E-state index contributed by atoms with van der Waals surface area (Å²) in [6.07, 6.45) is 0. The Morgan fingerprint density at radius 2 is 1.71 bits per heavy atom. The fourth-order valence-corrected chi connectivity index (χ4v) is 2.03. The molecule has 1 unspecified atom stereocenters. The number of benzene rings is 1. The molecule has 0 spiro atoms. The van der Waals surface area contributed by atoms with E-state index >= 15 is 0 Å². The monoisotopic (exact) mass is 217 g/mol. The van der Waals surface area contributed by atoms with Gasteiger partial charge in [-0.3, -0.25) is 0 Å². The predicted octanol–water partition coefficient (Wildman–Crippen LogP) is 2.48. The van der Waals surface area contributed by atoms with Gasteiger partial charge in [-0.1, -0.05) is 13.8 Å². The molecule has 1 aromatic carbocycles. The molecule has 1 rings (SSSR count). The molecule has 0 bridgehead atoms. The van der Waals surface area contributed by atoms with Crippen LogP contribution in [0.4, 0.5) is 14.5 Å². The Hall–Kier alpha value is -0.690. The molecule has 0 amide bonds. The SMILES string of the molecule is Cc1c(F)c(N)c(P)c(C(C)C)c1F. The molecule has 0 saturated carbocycles. The molecule has 4 heteroatoms. The highest BCUT2D eigenvalue weighted by atomic mass is 31.0. The zero-order valence-corrected chi connectivity index (χ0v) is 9.64. The quantitative estimate of drug-likeness (QED) is 0.567. The van der Waals surface area contributed by atoms with E-state index in [2.05, 4.69) is 9.24 Å². The molecule has 0 radical (unpaired) electrons. The van der Waals surface area contributed by atoms with E-state index in [0.717, 1.165) is 0 Å². The van der Waals surface area contributed by atoms with Crippen molar-refractivity contribution < 1.29 is 8.78 Å². The van der Waals surface area contributed by atoms with Crippen LogP contribution >= 0.6 is 9.24 Å². The molecule has 2 N–H and O–H groups in total. The molecule has 0 aliphatic rings. The van der Waals surface area contributed by atoms with E-state index in [0.29, 0.717) is 10.9 Å². The second-order valence-corrected chi connectivity index (χ2v) is 4.23. The highest BCUT2D eigenvalue weighted by Gasteiger charge is 2.19. The van der Waals surface area contributed by atoms with Crippen molar-refractivity contribution in [2.75, 3.05) is 5.73 Å². The van der Waals surface area contributed by atoms with E-state index in [4.69, 9.17) is 5.73 Å². The molecule has 1 nitrogen and oxygen atoms in total. The van der Waals surface area contributed by atoms with Crippen LogP contribution in [0.15, 0.2) is 0 Å². The van der Waals surface area contributed by atoms with Gasteiger partial charge in [0, 0.05) is 16.4 Å². The molecule has 0 aliphatic heterocycles. The van der Waals surface area contributed by atoms with Crippen LogP contribution in [0.2, 0.25) is 0 Å². The first-order valence-corrected chi connectivity index (χ1v) is 4.98. The summed E-state index contributed by atoms with van der Waals surface area (Å²) in [6, 6.07) is 0. The van der Waals surface area contributed by atoms with Crippen LogP contribution in [0.1, 0.15) is 30.9 Å². The molecule has 14 heavy (non-hydrogen) atoms. The maximum Gasteiger partial charge on any atom is 0.152 e. The molecule has 0 saturated heterocycles. The summed E-state index contributed by atoms with van der Waals surface area (Å²) < 4.78 is 27.0. The first-order chi connectivity index (χ1) is 6.37. The lowest BCUT2D eigenvalue weighted by atomic mass is 9.98. The third kappa shape index (κ3) is 1.61. The highest BCUT2D eigenvalue weighted by molar-refractivity contribution is 7.28. The van der Waals surface area contributed by atoms with Crippen LogP contribution < -0.4 is 11.0 Å². The van der Waals surface area contributed by atoms with Crippen molar-refractivity contribution in [1.82, 2.24) is 0 Å². The lowest BCUT2D eigenvalue weighted by Crippen LogP contribution is -2.16. The third-order valence-electron chi connectivity index (χ3n) is 2.29. The van der Waals surface area contributed by atoms with Crippen molar-refractivity contribution >= 4 is 20.2 Å². The van der Waals surface area contributed by atoms with Gasteiger partial charge in [-0.15, -0.1) is 9.24 Å². The Balaban J connectivity index is 3.60. The molecular formula is C10H14F2NP. The van der Waals surface area contributed by atoms with E-state index < -0.39 is 11.6 Å². The summed E-state index contributed by atoms with van der Waals surface area (Å²) in [5.74, 6) is -1.15. The summed E-state index contributed by atoms with van der Waals surface area (Å²) in [5, 5.41) is 0.431. The van der Waals surface area contributed by atoms with E-state index in [9.17, 15) is 8.78 Å². The minimum atomic E-state index is -0.656. The Morgan fingerprint density at radius 1 is 1.21 bits per heavy atom. The van der Waals surface area contributed by atoms with Gasteiger partial charge < -0.3 is 5.73 Å². The van der Waals surface area contributed by atoms with Crippen LogP contribution in [0.5, 0.6) is 0 Å². The summed E-state index contributed by atoms with van der Waals surface area (Å²) in [7, 11) is 2.30. The summed E-state index contributed by atoms with van der Waals surface area (Å²) in [5.41, 5.74) is 6.03. The van der Waals surface area contributed by atoms with Gasteiger partial charge in [0.15, 0.2) is 5.82 Å². The van der Waals surface area contributed by atoms with Gasteiger partial charge in [-0.25, -0.2) is 8.78 Å². The van der Waals surface area contributed by atoms with E-state index in [1.807, 2.05) is 13.8 Å². The van der Waals surface area contributed by atoms with Gasteiger partial charge in [0.1, 0.15) is 5.82 Å². The van der Waals surface area contributed by atoms with Crippen LogP contribution in [0, 0.1) is 18.6 Å². The van der Waals surface area contributed by atoms with Crippen LogP contribution in [0.3, 0.4) is 0 Å². The maximum atomic E-state index is 13.6. The Bertz CT molecular complexity index is 346. The number of rotatable bonds is 1. The second kappa shape index (κ2) is 3.82. The van der Waals surface area contributed by atoms with Crippen molar-refractivity contribution in [3.05, 3.63) is 22.8 Å². The molecule has 78 valence electrons. The molecule has 0 fully saturated rings. The molecular weight excluding hydrogens is 203 g/mol. The summed E-state index contributed by atoms with van der Waals surface area (Å²) >= 11 is 0. The third-order valence-corrected chi connectivity index (χ3v) is 2.91. The average molecular weight is 217 g/mol. The van der Waals surface area contributed by atoms with Crippen molar-refractivity contribution in [1.29, 1.82) is 0 Å². The molecule has 0 aromatic heterocycles. The van der Waals surface area contributed by atoms with Crippen molar-refractivity contribution in [3.63, 3.8) is 0 Å². The average Bonchev–Trinajstić information content (AvgIpc) is 2.11. The van der Waals surface area contributed by atoms with Gasteiger partial charge >= 0.3 is 0 Å². The number of halogens is 2. The minimum absolute atomic E-state index is 0.00241. The summed E-state index contributed by atoms with van der Waals surface area (Å²) in [6.45, 7) is 5.10. The van der Waals surface area contributed by atoms with E-state index in [1.54, 1.807) is 0 Å². The fraction of sp³-hybridized carbons (Fsp3) is 0.400. The topological polar surface area (TPSA) is 26.0 Å². The predicted molar refractivity (Wildman–Crippen MR) is 58.9 cm³/mol. The summed E-state index contributed by atoms with van der Waals surface area (Å²) in [4.78, 5) is 0. The molecule has 1 atom stereocenters. The van der Waals surface area contributed by atoms with Crippen molar-refractivity contribution in [2.24, 2.45) is 0 Å². The zero-order chi connectivity index (χ0) is 11.0. The van der Waals surface area contributed by atoms with Gasteiger partial charge in [0.05, 0.1) is 5.69 Å². The molecule has 0 aliphatic carbocycles. The highest BCUT2D eigenvalue weighted by Crippen LogP contribution is 2.27. The standard InChI is InChI=1S/C10H14F2NP/c1-4(2)6-7(11)5(3)8(12)9(13)10(6)14/h4H,13-14H2,1-3H3. The first-order valence-electron chi connectivity index (χ1n) is 4.40. The zero-order valence-electron chi connectivity index (χ0n) is 8.49. The minimum Gasteiger partial charge on any atom is -0.396 e. The van der Waals surface area contributed by atoms with Crippen molar-refractivity contribution in [3.8, 4) is 0 Å². The smallest absolute Gasteiger partial charge is 0.152 e. The first kappa shape index (κ1) is 11.4. The Kier molecular flexibility index (Phi) is 3.10. The largest absolute Gasteiger partial charge is 0.396 e. The number of nitrogens with two attached hydrogens (primary N) is 1. The van der Waals surface area contributed by atoms with Gasteiger partial charge in [-0.2, -0.15) is 0 Å². The number of anilines is 1. The normalized spacial score (nSPS) is 11.1. The second-order valence-electron chi connectivity index (χ2n) is 3.65. The molecule has 1 aromatic rings. The maximum absolute atomic E-state index is 13.6. The molecule has 0 heterocycles. The number of hydrogen-bond acceptors (Lipinski definition) is 1. The van der Waals surface area contributed by atoms with Crippen LogP contribution in [0.25, 0.3) is 0 Å². The van der Waals surface area contributed by atoms with Gasteiger partial charge in [0.25, 0.3) is 0 Å². The van der Waals surface area contributed by atoms with E-state index in [1.165, 1.54) is 6.92 Å². The van der Waals surface area contributed by atoms with Crippen LogP contribution in [-0.4, -0.2) is 0 Å².